The summed E-state index contributed by atoms with van der Waals surface area (Å²) in [6.07, 6.45) is 6.31. The van der Waals surface area contributed by atoms with E-state index in [2.05, 4.69) is 51.3 Å². The molecule has 0 bridgehead atoms. The SMILES string of the molecule is Clc1ccc(CN2C=C(Br)C=CC2)cc1. The molecule has 1 nitrogen and oxygen atoms in total. The van der Waals surface area contributed by atoms with Gasteiger partial charge in [-0.05, 0) is 39.7 Å². The zero-order valence-corrected chi connectivity index (χ0v) is 10.5. The maximum Gasteiger partial charge on any atom is 0.0427 e. The van der Waals surface area contributed by atoms with Crippen molar-refractivity contribution in [1.82, 2.24) is 4.90 Å². The molecule has 1 aliphatic rings. The van der Waals surface area contributed by atoms with Crippen LogP contribution in [0.1, 0.15) is 5.56 Å². The van der Waals surface area contributed by atoms with Gasteiger partial charge in [0, 0.05) is 28.8 Å². The lowest BCUT2D eigenvalue weighted by Gasteiger charge is -2.21. The van der Waals surface area contributed by atoms with Crippen LogP contribution in [0.25, 0.3) is 0 Å². The van der Waals surface area contributed by atoms with Gasteiger partial charge < -0.3 is 4.90 Å². The Labute approximate surface area is 103 Å². The number of nitrogens with zero attached hydrogens (tertiary/aromatic N) is 1. The van der Waals surface area contributed by atoms with E-state index in [4.69, 9.17) is 11.6 Å². The Bertz CT molecular complexity index is 395. The minimum Gasteiger partial charge on any atom is -0.368 e. The second-order valence-electron chi connectivity index (χ2n) is 3.47. The van der Waals surface area contributed by atoms with Crippen LogP contribution in [-0.4, -0.2) is 11.4 Å². The zero-order valence-electron chi connectivity index (χ0n) is 8.16. The highest BCUT2D eigenvalue weighted by Gasteiger charge is 2.04. The molecule has 1 aromatic carbocycles. The predicted molar refractivity (Wildman–Crippen MR) is 68.0 cm³/mol. The van der Waals surface area contributed by atoms with Gasteiger partial charge in [-0.1, -0.05) is 29.8 Å². The smallest absolute Gasteiger partial charge is 0.0427 e. The van der Waals surface area contributed by atoms with Crippen LogP contribution in [0.15, 0.2) is 47.1 Å². The maximum absolute atomic E-state index is 5.83. The van der Waals surface area contributed by atoms with Crippen LogP contribution in [0.2, 0.25) is 5.02 Å². The van der Waals surface area contributed by atoms with Crippen LogP contribution < -0.4 is 0 Å². The van der Waals surface area contributed by atoms with E-state index < -0.39 is 0 Å². The zero-order chi connectivity index (χ0) is 10.7. The van der Waals surface area contributed by atoms with E-state index in [9.17, 15) is 0 Å². The molecule has 1 heterocycles. The topological polar surface area (TPSA) is 3.24 Å². The molecule has 2 rings (SSSR count). The van der Waals surface area contributed by atoms with Gasteiger partial charge in [0.2, 0.25) is 0 Å². The molecule has 0 N–H and O–H groups in total. The molecule has 0 aliphatic carbocycles. The third-order valence-corrected chi connectivity index (χ3v) is 2.94. The van der Waals surface area contributed by atoms with Gasteiger partial charge in [0.05, 0.1) is 0 Å². The number of benzene rings is 1. The van der Waals surface area contributed by atoms with Crippen molar-refractivity contribution in [2.24, 2.45) is 0 Å². The molecule has 0 saturated heterocycles. The van der Waals surface area contributed by atoms with Gasteiger partial charge in [-0.2, -0.15) is 0 Å². The minimum absolute atomic E-state index is 0.786. The van der Waals surface area contributed by atoms with Gasteiger partial charge in [0.1, 0.15) is 0 Å². The van der Waals surface area contributed by atoms with Gasteiger partial charge in [-0.3, -0.25) is 0 Å². The summed E-state index contributed by atoms with van der Waals surface area (Å²) in [6.45, 7) is 1.87. The molecule has 0 aromatic heterocycles. The number of rotatable bonds is 2. The second kappa shape index (κ2) is 4.86. The number of hydrogen-bond donors (Lipinski definition) is 0. The molecule has 0 saturated carbocycles. The normalized spacial score (nSPS) is 15.3. The first-order valence-electron chi connectivity index (χ1n) is 4.76. The second-order valence-corrected chi connectivity index (χ2v) is 4.82. The fourth-order valence-electron chi connectivity index (χ4n) is 1.51. The van der Waals surface area contributed by atoms with Crippen LogP contribution in [0.4, 0.5) is 0 Å². The molecular weight excluding hydrogens is 273 g/mol. The molecule has 0 spiro atoms. The summed E-state index contributed by atoms with van der Waals surface area (Å²) in [5.74, 6) is 0. The molecule has 0 fully saturated rings. The first kappa shape index (κ1) is 10.8. The van der Waals surface area contributed by atoms with E-state index in [1.807, 2.05) is 12.1 Å². The highest BCUT2D eigenvalue weighted by atomic mass is 79.9. The molecular formula is C12H11BrClN. The van der Waals surface area contributed by atoms with E-state index in [1.165, 1.54) is 5.56 Å². The summed E-state index contributed by atoms with van der Waals surface area (Å²) in [5.41, 5.74) is 1.27. The molecule has 15 heavy (non-hydrogen) atoms. The summed E-state index contributed by atoms with van der Waals surface area (Å²) in [4.78, 5) is 2.24. The Kier molecular flexibility index (Phi) is 3.49. The van der Waals surface area contributed by atoms with Crippen molar-refractivity contribution in [3.63, 3.8) is 0 Å². The van der Waals surface area contributed by atoms with Gasteiger partial charge in [-0.25, -0.2) is 0 Å². The van der Waals surface area contributed by atoms with Crippen molar-refractivity contribution in [3.8, 4) is 0 Å². The van der Waals surface area contributed by atoms with Crippen molar-refractivity contribution in [3.05, 3.63) is 57.7 Å². The maximum atomic E-state index is 5.83. The van der Waals surface area contributed by atoms with E-state index in [0.717, 1.165) is 22.6 Å². The van der Waals surface area contributed by atoms with E-state index in [0.29, 0.717) is 0 Å². The van der Waals surface area contributed by atoms with Gasteiger partial charge >= 0.3 is 0 Å². The van der Waals surface area contributed by atoms with Crippen LogP contribution in [0.3, 0.4) is 0 Å². The Hall–Kier alpha value is -0.730. The summed E-state index contributed by atoms with van der Waals surface area (Å²) < 4.78 is 1.11. The van der Waals surface area contributed by atoms with Gasteiger partial charge in [-0.15, -0.1) is 0 Å². The van der Waals surface area contributed by atoms with E-state index in [-0.39, 0.29) is 0 Å². The predicted octanol–water partition coefficient (Wildman–Crippen LogP) is 3.95. The lowest BCUT2D eigenvalue weighted by Crippen LogP contribution is -2.18. The van der Waals surface area contributed by atoms with Crippen LogP contribution in [0, 0.1) is 0 Å². The van der Waals surface area contributed by atoms with Crippen LogP contribution in [0.5, 0.6) is 0 Å². The fourth-order valence-corrected chi connectivity index (χ4v) is 2.11. The Morgan fingerprint density at radius 3 is 2.67 bits per heavy atom. The van der Waals surface area contributed by atoms with Crippen LogP contribution >= 0.6 is 27.5 Å². The van der Waals surface area contributed by atoms with Crippen LogP contribution in [-0.2, 0) is 6.54 Å². The lowest BCUT2D eigenvalue weighted by atomic mass is 10.2. The first-order chi connectivity index (χ1) is 7.24. The van der Waals surface area contributed by atoms with E-state index in [1.54, 1.807) is 0 Å². The number of halogens is 2. The highest BCUT2D eigenvalue weighted by molar-refractivity contribution is 9.11. The summed E-state index contributed by atoms with van der Waals surface area (Å²) in [5, 5.41) is 0.786. The monoisotopic (exact) mass is 283 g/mol. The lowest BCUT2D eigenvalue weighted by molar-refractivity contribution is 0.405. The van der Waals surface area contributed by atoms with Gasteiger partial charge in [0.25, 0.3) is 0 Å². The van der Waals surface area contributed by atoms with Crippen molar-refractivity contribution in [1.29, 1.82) is 0 Å². The quantitative estimate of drug-likeness (QED) is 0.795. The largest absolute Gasteiger partial charge is 0.368 e. The molecule has 0 unspecified atom stereocenters. The highest BCUT2D eigenvalue weighted by Crippen LogP contribution is 2.17. The summed E-state index contributed by atoms with van der Waals surface area (Å²) in [6, 6.07) is 7.97. The third-order valence-electron chi connectivity index (χ3n) is 2.22. The molecule has 1 aliphatic heterocycles. The minimum atomic E-state index is 0.786. The van der Waals surface area contributed by atoms with Crippen molar-refractivity contribution in [2.75, 3.05) is 6.54 Å². The number of allylic oxidation sites excluding steroid dienone is 2. The molecule has 1 aromatic rings. The van der Waals surface area contributed by atoms with E-state index >= 15 is 0 Å². The molecule has 0 radical (unpaired) electrons. The fraction of sp³-hybridized carbons (Fsp3) is 0.167. The van der Waals surface area contributed by atoms with Gasteiger partial charge in [0.15, 0.2) is 0 Å². The third kappa shape index (κ3) is 3.11. The molecule has 0 amide bonds. The Balaban J connectivity index is 2.03. The first-order valence-corrected chi connectivity index (χ1v) is 5.93. The van der Waals surface area contributed by atoms with Crippen molar-refractivity contribution >= 4 is 27.5 Å². The summed E-state index contributed by atoms with van der Waals surface area (Å²) in [7, 11) is 0. The Morgan fingerprint density at radius 1 is 1.27 bits per heavy atom. The molecule has 3 heteroatoms. The van der Waals surface area contributed by atoms with Crippen molar-refractivity contribution in [2.45, 2.75) is 6.54 Å². The Morgan fingerprint density at radius 2 is 2.00 bits per heavy atom. The number of hydrogen-bond acceptors (Lipinski definition) is 1. The summed E-state index contributed by atoms with van der Waals surface area (Å²) >= 11 is 9.30. The molecule has 78 valence electrons. The van der Waals surface area contributed by atoms with Crippen molar-refractivity contribution < 1.29 is 0 Å². The average Bonchev–Trinajstić information content (AvgIpc) is 2.22. The average molecular weight is 285 g/mol. The standard InChI is InChI=1S/C12H11BrClN/c13-11-2-1-7-15(9-11)8-10-3-5-12(14)6-4-10/h1-6,9H,7-8H2. The molecule has 0 atom stereocenters.